The normalized spacial score (nSPS) is 20.4. The monoisotopic (exact) mass is 480 g/mol. The van der Waals surface area contributed by atoms with Crippen LogP contribution in [-0.2, 0) is 11.8 Å². The fraction of sp³-hybridized carbons (Fsp3) is 0.458. The number of aromatic nitrogens is 4. The Bertz CT molecular complexity index is 1270. The molecular formula is C24H32N8O3. The number of aryl methyl sites for hydroxylation is 1. The van der Waals surface area contributed by atoms with Crippen LogP contribution in [0.1, 0.15) is 56.9 Å². The number of anilines is 3. The zero-order valence-corrected chi connectivity index (χ0v) is 20.5. The molecule has 3 aromatic rings. The minimum absolute atomic E-state index is 0.0809. The molecule has 1 saturated carbocycles. The minimum atomic E-state index is -0.869. The van der Waals surface area contributed by atoms with Gasteiger partial charge in [0, 0.05) is 35.2 Å². The Kier molecular flexibility index (Phi) is 6.27. The molecule has 0 radical (unpaired) electrons. The number of carbonyl (C=O) groups is 2. The predicted molar refractivity (Wildman–Crippen MR) is 133 cm³/mol. The highest BCUT2D eigenvalue weighted by Crippen LogP contribution is 2.46. The van der Waals surface area contributed by atoms with Crippen molar-refractivity contribution in [3.63, 3.8) is 0 Å². The molecule has 1 aromatic carbocycles. The van der Waals surface area contributed by atoms with Gasteiger partial charge in [-0.25, -0.2) is 4.79 Å². The zero-order valence-electron chi connectivity index (χ0n) is 20.5. The Balaban J connectivity index is 1.71. The van der Waals surface area contributed by atoms with Crippen molar-refractivity contribution < 1.29 is 14.3 Å². The van der Waals surface area contributed by atoms with E-state index in [-0.39, 0.29) is 23.5 Å². The maximum atomic E-state index is 12.1. The Hall–Kier alpha value is -3.89. The van der Waals surface area contributed by atoms with Gasteiger partial charge in [-0.05, 0) is 37.5 Å². The maximum absolute atomic E-state index is 12.1. The number of amides is 2. The minimum Gasteiger partial charge on any atom is -0.440 e. The summed E-state index contributed by atoms with van der Waals surface area (Å²) in [6.07, 6.45) is 4.32. The molecule has 186 valence electrons. The Morgan fingerprint density at radius 2 is 1.94 bits per heavy atom. The molecule has 11 heteroatoms. The molecule has 2 unspecified atom stereocenters. The molecule has 6 N–H and O–H groups in total. The number of nitrogens with two attached hydrogens (primary N) is 2. The van der Waals surface area contributed by atoms with E-state index in [1.54, 1.807) is 0 Å². The Labute approximate surface area is 203 Å². The number of benzene rings is 1. The van der Waals surface area contributed by atoms with Gasteiger partial charge >= 0.3 is 6.09 Å². The smallest absolute Gasteiger partial charge is 0.405 e. The molecule has 2 aromatic heterocycles. The molecule has 0 bridgehead atoms. The van der Waals surface area contributed by atoms with Gasteiger partial charge in [0.2, 0.25) is 5.95 Å². The van der Waals surface area contributed by atoms with Gasteiger partial charge in [0.05, 0.1) is 6.04 Å². The van der Waals surface area contributed by atoms with Crippen LogP contribution in [0.3, 0.4) is 0 Å². The van der Waals surface area contributed by atoms with Crippen LogP contribution in [0.15, 0.2) is 30.5 Å². The van der Waals surface area contributed by atoms with Gasteiger partial charge < -0.3 is 31.4 Å². The first-order valence-corrected chi connectivity index (χ1v) is 11.6. The second kappa shape index (κ2) is 9.05. The van der Waals surface area contributed by atoms with Crippen LogP contribution in [0, 0.1) is 5.41 Å². The number of rotatable bonds is 6. The SMILES string of the molecule is Cn1ccc2c(Nc3nc(NC4CCCCC4(OC(N)=O)C(C)(C)C)nnc3C(N)=O)cccc21. The zero-order chi connectivity index (χ0) is 25.4. The lowest BCUT2D eigenvalue weighted by molar-refractivity contribution is -0.0971. The number of ether oxygens (including phenoxy) is 1. The highest BCUT2D eigenvalue weighted by Gasteiger charge is 2.52. The summed E-state index contributed by atoms with van der Waals surface area (Å²) in [5.41, 5.74) is 11.4. The number of carbonyl (C=O) groups excluding carboxylic acids is 2. The van der Waals surface area contributed by atoms with Gasteiger partial charge in [0.1, 0.15) is 5.60 Å². The number of nitrogens with one attached hydrogen (secondary N) is 2. The van der Waals surface area contributed by atoms with E-state index in [0.717, 1.165) is 35.9 Å². The molecule has 1 fully saturated rings. The molecule has 11 nitrogen and oxygen atoms in total. The van der Waals surface area contributed by atoms with Crippen LogP contribution in [-0.4, -0.2) is 43.4 Å². The van der Waals surface area contributed by atoms with Crippen molar-refractivity contribution in [1.82, 2.24) is 19.7 Å². The van der Waals surface area contributed by atoms with Crippen molar-refractivity contribution >= 4 is 40.4 Å². The van der Waals surface area contributed by atoms with E-state index in [1.165, 1.54) is 0 Å². The fourth-order valence-electron chi connectivity index (χ4n) is 5.02. The van der Waals surface area contributed by atoms with E-state index in [0.29, 0.717) is 6.42 Å². The molecule has 2 atom stereocenters. The third-order valence-electron chi connectivity index (χ3n) is 6.81. The molecule has 0 saturated heterocycles. The van der Waals surface area contributed by atoms with Gasteiger partial charge in [-0.3, -0.25) is 4.79 Å². The highest BCUT2D eigenvalue weighted by molar-refractivity contribution is 5.99. The summed E-state index contributed by atoms with van der Waals surface area (Å²) in [4.78, 5) is 28.5. The number of nitrogens with zero attached hydrogens (tertiary/aromatic N) is 4. The largest absolute Gasteiger partial charge is 0.440 e. The lowest BCUT2D eigenvalue weighted by Crippen LogP contribution is -2.60. The standard InChI is InChI=1S/C24H32N8O3/c1-23(2,3)24(35-21(26)34)12-6-5-10-17(24)28-22-29-20(18(19(25)33)30-31-22)27-15-8-7-9-16-14(15)11-13-32(16)4/h7-9,11,13,17H,5-6,10,12H2,1-4H3,(H2,25,33)(H2,26,34)(H2,27,28,29,31). The van der Waals surface area contributed by atoms with Crippen LogP contribution in [0.2, 0.25) is 0 Å². The number of fused-ring (bicyclic) bond motifs is 1. The lowest BCUT2D eigenvalue weighted by Gasteiger charge is -2.51. The summed E-state index contributed by atoms with van der Waals surface area (Å²) in [7, 11) is 1.95. The summed E-state index contributed by atoms with van der Waals surface area (Å²) < 4.78 is 7.77. The number of primary amides is 2. The van der Waals surface area contributed by atoms with Crippen molar-refractivity contribution in [2.75, 3.05) is 10.6 Å². The van der Waals surface area contributed by atoms with Crippen LogP contribution in [0.4, 0.5) is 22.2 Å². The van der Waals surface area contributed by atoms with Crippen molar-refractivity contribution in [1.29, 1.82) is 0 Å². The van der Waals surface area contributed by atoms with Crippen molar-refractivity contribution in [2.45, 2.75) is 58.1 Å². The number of hydrogen-bond donors (Lipinski definition) is 4. The first-order chi connectivity index (χ1) is 16.5. The third-order valence-corrected chi connectivity index (χ3v) is 6.81. The molecule has 0 spiro atoms. The molecule has 4 rings (SSSR count). The van der Waals surface area contributed by atoms with Gasteiger partial charge in [-0.2, -0.15) is 4.98 Å². The summed E-state index contributed by atoms with van der Waals surface area (Å²) in [5, 5.41) is 15.6. The molecule has 0 aliphatic heterocycles. The van der Waals surface area contributed by atoms with Crippen LogP contribution >= 0.6 is 0 Å². The third kappa shape index (κ3) is 4.58. The topological polar surface area (TPSA) is 163 Å². The van der Waals surface area contributed by atoms with Gasteiger partial charge in [-0.15, -0.1) is 10.2 Å². The van der Waals surface area contributed by atoms with E-state index in [9.17, 15) is 9.59 Å². The van der Waals surface area contributed by atoms with E-state index in [4.69, 9.17) is 16.2 Å². The molecular weight excluding hydrogens is 448 g/mol. The van der Waals surface area contributed by atoms with E-state index in [2.05, 4.69) is 25.8 Å². The van der Waals surface area contributed by atoms with E-state index in [1.807, 2.05) is 62.8 Å². The average Bonchev–Trinajstić information content (AvgIpc) is 3.16. The van der Waals surface area contributed by atoms with Crippen molar-refractivity contribution in [3.8, 4) is 0 Å². The summed E-state index contributed by atoms with van der Waals surface area (Å²) in [6, 6.07) is 7.44. The Morgan fingerprint density at radius 3 is 2.63 bits per heavy atom. The molecule has 2 amide bonds. The first-order valence-electron chi connectivity index (χ1n) is 11.6. The number of hydrogen-bond acceptors (Lipinski definition) is 8. The van der Waals surface area contributed by atoms with E-state index >= 15 is 0 Å². The second-order valence-electron chi connectivity index (χ2n) is 9.99. The molecule has 35 heavy (non-hydrogen) atoms. The first kappa shape index (κ1) is 24.2. The summed E-state index contributed by atoms with van der Waals surface area (Å²) in [5.74, 6) is -0.385. The lowest BCUT2D eigenvalue weighted by atomic mass is 9.65. The maximum Gasteiger partial charge on any atom is 0.405 e. The molecule has 2 heterocycles. The fourth-order valence-corrected chi connectivity index (χ4v) is 5.02. The summed E-state index contributed by atoms with van der Waals surface area (Å²) in [6.45, 7) is 6.04. The van der Waals surface area contributed by atoms with Gasteiger partial charge in [-0.1, -0.05) is 33.3 Å². The van der Waals surface area contributed by atoms with Crippen LogP contribution in [0.5, 0.6) is 0 Å². The quantitative estimate of drug-likeness (QED) is 0.417. The van der Waals surface area contributed by atoms with Gasteiger partial charge in [0.15, 0.2) is 11.5 Å². The highest BCUT2D eigenvalue weighted by atomic mass is 16.6. The van der Waals surface area contributed by atoms with Crippen molar-refractivity contribution in [3.05, 3.63) is 36.2 Å². The van der Waals surface area contributed by atoms with Gasteiger partial charge in [0.25, 0.3) is 5.91 Å². The average molecular weight is 481 g/mol. The van der Waals surface area contributed by atoms with E-state index < -0.39 is 23.0 Å². The molecule has 1 aliphatic carbocycles. The predicted octanol–water partition coefficient (Wildman–Crippen LogP) is 3.44. The second-order valence-corrected chi connectivity index (χ2v) is 9.99. The van der Waals surface area contributed by atoms with Crippen LogP contribution < -0.4 is 22.1 Å². The summed E-state index contributed by atoms with van der Waals surface area (Å²) >= 11 is 0. The van der Waals surface area contributed by atoms with Crippen molar-refractivity contribution in [2.24, 2.45) is 23.9 Å². The van der Waals surface area contributed by atoms with Crippen LogP contribution in [0.25, 0.3) is 10.9 Å². The Morgan fingerprint density at radius 1 is 1.17 bits per heavy atom. The molecule has 1 aliphatic rings.